The average Bonchev–Trinajstić information content (AvgIpc) is 3.25. The van der Waals surface area contributed by atoms with E-state index in [0.717, 1.165) is 29.7 Å². The van der Waals surface area contributed by atoms with E-state index in [1.165, 1.54) is 16.2 Å². The maximum atomic E-state index is 13.6. The van der Waals surface area contributed by atoms with Crippen molar-refractivity contribution < 1.29 is 14.4 Å². The fourth-order valence-corrected chi connectivity index (χ4v) is 5.52. The Morgan fingerprint density at radius 2 is 1.97 bits per heavy atom. The summed E-state index contributed by atoms with van der Waals surface area (Å²) in [6, 6.07) is 1.70. The number of hydrogen-bond acceptors (Lipinski definition) is 5. The van der Waals surface area contributed by atoms with Gasteiger partial charge >= 0.3 is 6.03 Å². The summed E-state index contributed by atoms with van der Waals surface area (Å²) in [4.78, 5) is 45.3. The largest absolute Gasteiger partial charge is 0.338 e. The molecule has 0 saturated carbocycles. The van der Waals surface area contributed by atoms with Gasteiger partial charge in [0, 0.05) is 26.2 Å². The Labute approximate surface area is 189 Å². The van der Waals surface area contributed by atoms with E-state index in [2.05, 4.69) is 19.2 Å². The molecule has 0 spiro atoms. The molecule has 31 heavy (non-hydrogen) atoms. The average molecular weight is 449 g/mol. The molecule has 1 aromatic rings. The van der Waals surface area contributed by atoms with Crippen LogP contribution < -0.4 is 5.32 Å². The number of hydrogen-bond donors (Lipinski definition) is 1. The van der Waals surface area contributed by atoms with Crippen LogP contribution in [0.1, 0.15) is 54.8 Å². The summed E-state index contributed by atoms with van der Waals surface area (Å²) in [6.45, 7) is 8.53. The van der Waals surface area contributed by atoms with Gasteiger partial charge in [-0.15, -0.1) is 11.3 Å². The second-order valence-electron chi connectivity index (χ2n) is 9.59. The molecule has 2 aliphatic rings. The van der Waals surface area contributed by atoms with Gasteiger partial charge in [0.1, 0.15) is 5.54 Å². The molecule has 0 radical (unpaired) electrons. The van der Waals surface area contributed by atoms with E-state index < -0.39 is 5.54 Å². The zero-order valence-corrected chi connectivity index (χ0v) is 20.3. The molecule has 172 valence electrons. The Morgan fingerprint density at radius 1 is 1.29 bits per heavy atom. The van der Waals surface area contributed by atoms with Crippen molar-refractivity contribution in [2.75, 3.05) is 40.3 Å². The highest BCUT2D eigenvalue weighted by Gasteiger charge is 2.55. The van der Waals surface area contributed by atoms with E-state index in [1.807, 2.05) is 42.3 Å². The van der Waals surface area contributed by atoms with Gasteiger partial charge in [-0.2, -0.15) is 0 Å². The number of rotatable bonds is 8. The highest BCUT2D eigenvalue weighted by atomic mass is 32.1. The summed E-state index contributed by atoms with van der Waals surface area (Å²) >= 11 is 1.48. The maximum absolute atomic E-state index is 13.6. The molecule has 0 aromatic carbocycles. The van der Waals surface area contributed by atoms with E-state index in [0.29, 0.717) is 38.5 Å². The number of aryl methyl sites for hydroxylation is 1. The highest BCUT2D eigenvalue weighted by Crippen LogP contribution is 2.38. The van der Waals surface area contributed by atoms with Crippen LogP contribution in [0.25, 0.3) is 0 Å². The number of piperidine rings is 1. The molecule has 4 amide bonds. The minimum Gasteiger partial charge on any atom is -0.338 e. The Bertz CT molecular complexity index is 813. The topological polar surface area (TPSA) is 73.0 Å². The van der Waals surface area contributed by atoms with Gasteiger partial charge in [0.05, 0.1) is 4.88 Å². The Balaban J connectivity index is 1.74. The third kappa shape index (κ3) is 4.95. The van der Waals surface area contributed by atoms with Gasteiger partial charge in [0.2, 0.25) is 0 Å². The van der Waals surface area contributed by atoms with Gasteiger partial charge in [0.25, 0.3) is 11.8 Å². The van der Waals surface area contributed by atoms with Crippen LogP contribution in [0.15, 0.2) is 11.4 Å². The minimum absolute atomic E-state index is 0.0422. The lowest BCUT2D eigenvalue weighted by Crippen LogP contribution is -2.56. The standard InChI is InChI=1S/C23H36N4O3S/c1-16(2)6-10-23(21(29)27(22(30)24-23)14-13-25(4)5)18-7-11-26(12-8-18)20(28)19-17(3)9-15-31-19/h9,15-16,18H,6-8,10-14H2,1-5H3,(H,24,30)/t23-/m1/s1. The molecule has 0 aliphatic carbocycles. The maximum Gasteiger partial charge on any atom is 0.325 e. The minimum atomic E-state index is -0.846. The Morgan fingerprint density at radius 3 is 2.52 bits per heavy atom. The third-order valence-corrected chi connectivity index (χ3v) is 7.63. The van der Waals surface area contributed by atoms with Crippen LogP contribution in [-0.4, -0.2) is 78.4 Å². The first-order chi connectivity index (χ1) is 14.7. The molecule has 1 aromatic heterocycles. The number of thiophene rings is 1. The van der Waals surface area contributed by atoms with Gasteiger partial charge in [-0.25, -0.2) is 4.79 Å². The van der Waals surface area contributed by atoms with Gasteiger partial charge in [-0.05, 0) is 75.5 Å². The van der Waals surface area contributed by atoms with Crippen molar-refractivity contribution in [1.29, 1.82) is 0 Å². The number of amides is 4. The van der Waals surface area contributed by atoms with Gasteiger partial charge in [-0.3, -0.25) is 14.5 Å². The Hall–Kier alpha value is -1.93. The summed E-state index contributed by atoms with van der Waals surface area (Å²) in [7, 11) is 3.87. The van der Waals surface area contributed by atoms with Crippen LogP contribution in [0, 0.1) is 18.8 Å². The second kappa shape index (κ2) is 9.69. The number of likely N-dealkylation sites (tertiary alicyclic amines) is 1. The Kier molecular flexibility index (Phi) is 7.42. The molecule has 8 heteroatoms. The van der Waals surface area contributed by atoms with E-state index in [1.54, 1.807) is 0 Å². The smallest absolute Gasteiger partial charge is 0.325 e. The van der Waals surface area contributed by atoms with Gasteiger partial charge in [-0.1, -0.05) is 13.8 Å². The molecule has 7 nitrogen and oxygen atoms in total. The first-order valence-electron chi connectivity index (χ1n) is 11.3. The molecule has 3 heterocycles. The van der Waals surface area contributed by atoms with Crippen LogP contribution in [0.4, 0.5) is 4.79 Å². The van der Waals surface area contributed by atoms with Crippen molar-refractivity contribution in [3.8, 4) is 0 Å². The lowest BCUT2D eigenvalue weighted by atomic mass is 9.74. The molecular formula is C23H36N4O3S. The summed E-state index contributed by atoms with van der Waals surface area (Å²) < 4.78 is 0. The van der Waals surface area contributed by atoms with Crippen molar-refractivity contribution >= 4 is 29.2 Å². The van der Waals surface area contributed by atoms with Crippen molar-refractivity contribution in [2.24, 2.45) is 11.8 Å². The van der Waals surface area contributed by atoms with Crippen LogP contribution in [0.5, 0.6) is 0 Å². The molecule has 2 aliphatic heterocycles. The zero-order chi connectivity index (χ0) is 22.8. The van der Waals surface area contributed by atoms with E-state index in [4.69, 9.17) is 0 Å². The van der Waals surface area contributed by atoms with E-state index in [-0.39, 0.29) is 23.8 Å². The van der Waals surface area contributed by atoms with Crippen molar-refractivity contribution in [3.63, 3.8) is 0 Å². The molecular weight excluding hydrogens is 412 g/mol. The second-order valence-corrected chi connectivity index (χ2v) is 10.5. The number of carbonyl (C=O) groups excluding carboxylic acids is 3. The van der Waals surface area contributed by atoms with E-state index >= 15 is 0 Å². The van der Waals surface area contributed by atoms with Crippen molar-refractivity contribution in [1.82, 2.24) is 20.0 Å². The first kappa shape index (κ1) is 23.7. The lowest BCUT2D eigenvalue weighted by Gasteiger charge is -2.41. The van der Waals surface area contributed by atoms with Crippen LogP contribution in [0.3, 0.4) is 0 Å². The van der Waals surface area contributed by atoms with Crippen LogP contribution in [-0.2, 0) is 4.79 Å². The fourth-order valence-electron chi connectivity index (χ4n) is 4.63. The summed E-state index contributed by atoms with van der Waals surface area (Å²) in [5.41, 5.74) is 0.169. The SMILES string of the molecule is Cc1ccsc1C(=O)N1CCC([C@@]2(CCC(C)C)NC(=O)N(CCN(C)C)C2=O)CC1. The van der Waals surface area contributed by atoms with E-state index in [9.17, 15) is 14.4 Å². The highest BCUT2D eigenvalue weighted by molar-refractivity contribution is 7.12. The van der Waals surface area contributed by atoms with Crippen LogP contribution >= 0.6 is 11.3 Å². The summed E-state index contributed by atoms with van der Waals surface area (Å²) in [6.07, 6.45) is 2.97. The summed E-state index contributed by atoms with van der Waals surface area (Å²) in [5.74, 6) is 0.483. The van der Waals surface area contributed by atoms with Crippen molar-refractivity contribution in [2.45, 2.75) is 52.0 Å². The number of imide groups is 1. The predicted octanol–water partition coefficient (Wildman–Crippen LogP) is 3.20. The molecule has 2 fully saturated rings. The number of urea groups is 1. The molecule has 0 bridgehead atoms. The van der Waals surface area contributed by atoms with Gasteiger partial charge < -0.3 is 15.1 Å². The van der Waals surface area contributed by atoms with Gasteiger partial charge in [0.15, 0.2) is 0 Å². The fraction of sp³-hybridized carbons (Fsp3) is 0.696. The quantitative estimate of drug-likeness (QED) is 0.620. The van der Waals surface area contributed by atoms with Crippen LogP contribution in [0.2, 0.25) is 0 Å². The molecule has 1 atom stereocenters. The normalized spacial score (nSPS) is 22.7. The molecule has 2 saturated heterocycles. The monoisotopic (exact) mass is 448 g/mol. The summed E-state index contributed by atoms with van der Waals surface area (Å²) in [5, 5.41) is 5.06. The molecule has 1 N–H and O–H groups in total. The molecule has 0 unspecified atom stereocenters. The first-order valence-corrected chi connectivity index (χ1v) is 12.2. The third-order valence-electron chi connectivity index (χ3n) is 6.62. The predicted molar refractivity (Wildman–Crippen MR) is 123 cm³/mol. The molecule has 3 rings (SSSR count). The zero-order valence-electron chi connectivity index (χ0n) is 19.4. The number of carbonyl (C=O) groups is 3. The number of nitrogens with one attached hydrogen (secondary N) is 1. The number of likely N-dealkylation sites (N-methyl/N-ethyl adjacent to an activating group) is 1. The number of nitrogens with zero attached hydrogens (tertiary/aromatic N) is 3. The lowest BCUT2D eigenvalue weighted by molar-refractivity contribution is -0.134. The van der Waals surface area contributed by atoms with Crippen molar-refractivity contribution in [3.05, 3.63) is 21.9 Å².